The van der Waals surface area contributed by atoms with Crippen LogP contribution in [0.15, 0.2) is 18.3 Å². The van der Waals surface area contributed by atoms with E-state index in [1.165, 1.54) is 18.3 Å². The standard InChI is InChI=1S/C11H17N5O3S/c12-15-11(17)8-1-2-10(14-7-8)16-20(18,19)9-3-5-13-6-4-9/h1-2,7,9,13H,3-6,12H2,(H,14,16)(H,15,17). The molecule has 0 bridgehead atoms. The molecule has 1 aromatic heterocycles. The highest BCUT2D eigenvalue weighted by molar-refractivity contribution is 7.93. The van der Waals surface area contributed by atoms with Crippen LogP contribution < -0.4 is 21.3 Å². The van der Waals surface area contributed by atoms with Gasteiger partial charge in [0.1, 0.15) is 5.82 Å². The molecule has 1 aliphatic heterocycles. The molecule has 0 aliphatic carbocycles. The molecule has 0 aromatic carbocycles. The van der Waals surface area contributed by atoms with E-state index in [1.807, 2.05) is 5.43 Å². The molecule has 0 saturated carbocycles. The molecule has 5 N–H and O–H groups in total. The molecule has 0 atom stereocenters. The Bertz CT molecular complexity index is 566. The molecule has 1 aliphatic rings. The maximum atomic E-state index is 12.2. The Morgan fingerprint density at radius 3 is 2.60 bits per heavy atom. The number of nitrogens with two attached hydrogens (primary N) is 1. The second-order valence-electron chi connectivity index (χ2n) is 4.50. The summed E-state index contributed by atoms with van der Waals surface area (Å²) in [5.41, 5.74) is 2.24. The zero-order chi connectivity index (χ0) is 14.6. The predicted octanol–water partition coefficient (Wildman–Crippen LogP) is -0.821. The third kappa shape index (κ3) is 3.44. The number of hydrogen-bond donors (Lipinski definition) is 4. The maximum Gasteiger partial charge on any atom is 0.266 e. The van der Waals surface area contributed by atoms with E-state index in [9.17, 15) is 13.2 Å². The minimum absolute atomic E-state index is 0.192. The van der Waals surface area contributed by atoms with Crippen LogP contribution in [0.5, 0.6) is 0 Å². The first-order valence-electron chi connectivity index (χ1n) is 6.22. The lowest BCUT2D eigenvalue weighted by Crippen LogP contribution is -2.38. The van der Waals surface area contributed by atoms with Gasteiger partial charge in [0.25, 0.3) is 5.91 Å². The zero-order valence-electron chi connectivity index (χ0n) is 10.8. The van der Waals surface area contributed by atoms with Gasteiger partial charge in [-0.15, -0.1) is 0 Å². The van der Waals surface area contributed by atoms with Crippen LogP contribution in [0, 0.1) is 0 Å². The molecule has 8 nitrogen and oxygen atoms in total. The summed E-state index contributed by atoms with van der Waals surface area (Å²) in [5.74, 6) is 4.71. The number of sulfonamides is 1. The molecular weight excluding hydrogens is 282 g/mol. The van der Waals surface area contributed by atoms with Crippen LogP contribution in [-0.2, 0) is 10.0 Å². The molecule has 0 radical (unpaired) electrons. The lowest BCUT2D eigenvalue weighted by molar-refractivity contribution is 0.0953. The summed E-state index contributed by atoms with van der Waals surface area (Å²) in [4.78, 5) is 15.1. The van der Waals surface area contributed by atoms with Crippen molar-refractivity contribution in [1.82, 2.24) is 15.7 Å². The minimum atomic E-state index is -3.45. The van der Waals surface area contributed by atoms with Crippen LogP contribution in [0.25, 0.3) is 0 Å². The summed E-state index contributed by atoms with van der Waals surface area (Å²) < 4.78 is 26.7. The van der Waals surface area contributed by atoms with Crippen molar-refractivity contribution in [3.63, 3.8) is 0 Å². The van der Waals surface area contributed by atoms with Crippen LogP contribution in [-0.4, -0.2) is 37.6 Å². The lowest BCUT2D eigenvalue weighted by Gasteiger charge is -2.22. The van der Waals surface area contributed by atoms with Gasteiger partial charge in [0, 0.05) is 6.20 Å². The van der Waals surface area contributed by atoms with E-state index in [4.69, 9.17) is 5.84 Å². The van der Waals surface area contributed by atoms with Gasteiger partial charge in [0.15, 0.2) is 0 Å². The number of carbonyl (C=O) groups excluding carboxylic acids is 1. The Kier molecular flexibility index (Phi) is 4.53. The molecule has 1 amide bonds. The maximum absolute atomic E-state index is 12.2. The monoisotopic (exact) mass is 299 g/mol. The number of hydrazine groups is 1. The van der Waals surface area contributed by atoms with Crippen LogP contribution in [0.4, 0.5) is 5.82 Å². The number of nitrogens with zero attached hydrogens (tertiary/aromatic N) is 1. The molecule has 20 heavy (non-hydrogen) atoms. The quantitative estimate of drug-likeness (QED) is 0.327. The van der Waals surface area contributed by atoms with E-state index >= 15 is 0 Å². The van der Waals surface area contributed by atoms with E-state index in [2.05, 4.69) is 15.0 Å². The van der Waals surface area contributed by atoms with Crippen LogP contribution in [0.1, 0.15) is 23.2 Å². The van der Waals surface area contributed by atoms with Gasteiger partial charge in [-0.25, -0.2) is 19.2 Å². The van der Waals surface area contributed by atoms with E-state index in [0.717, 1.165) is 0 Å². The van der Waals surface area contributed by atoms with Gasteiger partial charge in [-0.05, 0) is 38.1 Å². The summed E-state index contributed by atoms with van der Waals surface area (Å²) in [7, 11) is -3.45. The smallest absolute Gasteiger partial charge is 0.266 e. The Morgan fingerprint density at radius 2 is 2.05 bits per heavy atom. The van der Waals surface area contributed by atoms with E-state index in [1.54, 1.807) is 0 Å². The SMILES string of the molecule is NNC(=O)c1ccc(NS(=O)(=O)C2CCNCC2)nc1. The van der Waals surface area contributed by atoms with E-state index in [0.29, 0.717) is 25.9 Å². The largest absolute Gasteiger partial charge is 0.317 e. The highest BCUT2D eigenvalue weighted by atomic mass is 32.2. The van der Waals surface area contributed by atoms with E-state index < -0.39 is 21.2 Å². The highest BCUT2D eigenvalue weighted by Gasteiger charge is 2.27. The van der Waals surface area contributed by atoms with Crippen molar-refractivity contribution in [2.45, 2.75) is 18.1 Å². The molecule has 9 heteroatoms. The topological polar surface area (TPSA) is 126 Å². The summed E-state index contributed by atoms with van der Waals surface area (Å²) in [6.07, 6.45) is 2.41. The minimum Gasteiger partial charge on any atom is -0.317 e. The Labute approximate surface area is 117 Å². The second kappa shape index (κ2) is 6.16. The number of hydrogen-bond acceptors (Lipinski definition) is 6. The Balaban J connectivity index is 2.07. The average Bonchev–Trinajstić information content (AvgIpc) is 2.48. The van der Waals surface area contributed by atoms with Gasteiger partial charge in [-0.3, -0.25) is 14.9 Å². The molecule has 110 valence electrons. The van der Waals surface area contributed by atoms with Crippen molar-refractivity contribution in [3.05, 3.63) is 23.9 Å². The summed E-state index contributed by atoms with van der Waals surface area (Å²) in [6, 6.07) is 2.89. The van der Waals surface area contributed by atoms with Crippen molar-refractivity contribution >= 4 is 21.7 Å². The van der Waals surface area contributed by atoms with Crippen molar-refractivity contribution < 1.29 is 13.2 Å². The number of aromatic nitrogens is 1. The fraction of sp³-hybridized carbons (Fsp3) is 0.455. The first kappa shape index (κ1) is 14.7. The molecule has 1 saturated heterocycles. The van der Waals surface area contributed by atoms with Gasteiger partial charge < -0.3 is 5.32 Å². The predicted molar refractivity (Wildman–Crippen MR) is 74.3 cm³/mol. The first-order valence-corrected chi connectivity index (χ1v) is 7.77. The number of amides is 1. The lowest BCUT2D eigenvalue weighted by atomic mass is 10.2. The fourth-order valence-electron chi connectivity index (χ4n) is 2.01. The van der Waals surface area contributed by atoms with Crippen LogP contribution in [0.2, 0.25) is 0 Å². The highest BCUT2D eigenvalue weighted by Crippen LogP contribution is 2.16. The number of nitrogens with one attached hydrogen (secondary N) is 3. The average molecular weight is 299 g/mol. The zero-order valence-corrected chi connectivity index (χ0v) is 11.6. The van der Waals surface area contributed by atoms with Gasteiger partial charge >= 0.3 is 0 Å². The van der Waals surface area contributed by atoms with Crippen LogP contribution in [0.3, 0.4) is 0 Å². The van der Waals surface area contributed by atoms with Crippen LogP contribution >= 0.6 is 0 Å². The number of anilines is 1. The fourth-order valence-corrected chi connectivity index (χ4v) is 3.44. The molecule has 0 unspecified atom stereocenters. The second-order valence-corrected chi connectivity index (χ2v) is 6.46. The Morgan fingerprint density at radius 1 is 1.35 bits per heavy atom. The molecule has 1 aromatic rings. The summed E-state index contributed by atoms with van der Waals surface area (Å²) in [5, 5.41) is 2.69. The third-order valence-corrected chi connectivity index (χ3v) is 4.97. The summed E-state index contributed by atoms with van der Waals surface area (Å²) >= 11 is 0. The Hall–Kier alpha value is -1.71. The van der Waals surface area contributed by atoms with Crippen molar-refractivity contribution in [2.75, 3.05) is 17.8 Å². The molecule has 0 spiro atoms. The van der Waals surface area contributed by atoms with Gasteiger partial charge in [-0.1, -0.05) is 0 Å². The summed E-state index contributed by atoms with van der Waals surface area (Å²) in [6.45, 7) is 1.38. The van der Waals surface area contributed by atoms with Crippen molar-refractivity contribution in [1.29, 1.82) is 0 Å². The first-order chi connectivity index (χ1) is 9.53. The number of carbonyl (C=O) groups is 1. The number of nitrogen functional groups attached to an aromatic ring is 1. The van der Waals surface area contributed by atoms with Gasteiger partial charge in [0.05, 0.1) is 10.8 Å². The molecule has 1 fully saturated rings. The van der Waals surface area contributed by atoms with Gasteiger partial charge in [0.2, 0.25) is 10.0 Å². The molecular formula is C11H17N5O3S. The third-order valence-electron chi connectivity index (χ3n) is 3.13. The van der Waals surface area contributed by atoms with Crippen molar-refractivity contribution in [2.24, 2.45) is 5.84 Å². The number of rotatable bonds is 4. The molecule has 2 rings (SSSR count). The number of pyridine rings is 1. The normalized spacial score (nSPS) is 16.6. The van der Waals surface area contributed by atoms with Gasteiger partial charge in [-0.2, -0.15) is 0 Å². The van der Waals surface area contributed by atoms with E-state index in [-0.39, 0.29) is 11.4 Å². The van der Waals surface area contributed by atoms with Crippen molar-refractivity contribution in [3.8, 4) is 0 Å². The number of piperidine rings is 1. The molecule has 2 heterocycles.